The summed E-state index contributed by atoms with van der Waals surface area (Å²) in [7, 11) is 1.71. The van der Waals surface area contributed by atoms with Gasteiger partial charge >= 0.3 is 0 Å². The average Bonchev–Trinajstić information content (AvgIpc) is 1.61. The molecule has 0 saturated carbocycles. The second kappa shape index (κ2) is 4.50. The molecule has 0 bridgehead atoms. The first kappa shape index (κ1) is 5.50. The van der Waals surface area contributed by atoms with Crippen molar-refractivity contribution in [3.8, 4) is 0 Å². The molecule has 2 heteroatoms. The highest BCUT2D eigenvalue weighted by atomic mass is 16.6. The van der Waals surface area contributed by atoms with Crippen molar-refractivity contribution < 1.29 is 4.84 Å². The van der Waals surface area contributed by atoms with Gasteiger partial charge in [0.1, 0.15) is 6.26 Å². The molecule has 0 atom stereocenters. The van der Waals surface area contributed by atoms with Crippen LogP contribution in [0.3, 0.4) is 0 Å². The van der Waals surface area contributed by atoms with Gasteiger partial charge in [-0.25, -0.2) is 0 Å². The fourth-order valence-electron chi connectivity index (χ4n) is 0.136. The Bertz CT molecular complexity index is 42.8. The molecule has 0 heterocycles. The molecule has 0 aromatic carbocycles. The summed E-state index contributed by atoms with van der Waals surface area (Å²) in [4.78, 5) is 4.55. The van der Waals surface area contributed by atoms with Gasteiger partial charge in [0, 0.05) is 7.05 Å². The molecule has 2 nitrogen and oxygen atoms in total. The number of allylic oxidation sites excluding steroid dienone is 1. The molecule has 36 valence electrons. The summed E-state index contributed by atoms with van der Waals surface area (Å²) in [6, 6.07) is 0. The summed E-state index contributed by atoms with van der Waals surface area (Å²) in [5, 5.41) is 0. The van der Waals surface area contributed by atoms with Crippen LogP contribution in [0.25, 0.3) is 0 Å². The van der Waals surface area contributed by atoms with Crippen molar-refractivity contribution in [1.82, 2.24) is 5.48 Å². The molecule has 0 spiro atoms. The first-order valence-electron chi connectivity index (χ1n) is 1.85. The molecule has 0 aliphatic carbocycles. The molecule has 0 aliphatic rings. The Morgan fingerprint density at radius 1 is 1.67 bits per heavy atom. The molecule has 0 fully saturated rings. The largest absolute Gasteiger partial charge is 0.417 e. The van der Waals surface area contributed by atoms with E-state index in [0.29, 0.717) is 0 Å². The summed E-state index contributed by atoms with van der Waals surface area (Å²) in [5.41, 5.74) is 2.48. The second-order valence-corrected chi connectivity index (χ2v) is 0.791. The summed E-state index contributed by atoms with van der Waals surface area (Å²) >= 11 is 0. The Balaban J connectivity index is 2.66. The van der Waals surface area contributed by atoms with E-state index in [2.05, 4.69) is 10.3 Å². The Morgan fingerprint density at radius 2 is 2.33 bits per heavy atom. The molecule has 6 heavy (non-hydrogen) atoms. The minimum Gasteiger partial charge on any atom is -0.417 e. The van der Waals surface area contributed by atoms with E-state index < -0.39 is 0 Å². The van der Waals surface area contributed by atoms with Crippen molar-refractivity contribution in [2.45, 2.75) is 6.92 Å². The molecular weight excluding hydrogens is 78.0 g/mol. The zero-order valence-corrected chi connectivity index (χ0v) is 4.06. The SMILES string of the molecule is CC=CONC. The van der Waals surface area contributed by atoms with Crippen LogP contribution >= 0.6 is 0 Å². The monoisotopic (exact) mass is 87.1 g/mol. The van der Waals surface area contributed by atoms with Crippen LogP contribution in [0.5, 0.6) is 0 Å². The van der Waals surface area contributed by atoms with Crippen LogP contribution in [-0.2, 0) is 4.84 Å². The van der Waals surface area contributed by atoms with Gasteiger partial charge in [-0.1, -0.05) is 6.08 Å². The fraction of sp³-hybridized carbons (Fsp3) is 0.500. The molecule has 0 rings (SSSR count). The molecular formula is C4H9NO. The topological polar surface area (TPSA) is 21.3 Å². The van der Waals surface area contributed by atoms with Crippen molar-refractivity contribution in [1.29, 1.82) is 0 Å². The summed E-state index contributed by atoms with van der Waals surface area (Å²) in [6.45, 7) is 1.89. The summed E-state index contributed by atoms with van der Waals surface area (Å²) in [6.07, 6.45) is 3.37. The van der Waals surface area contributed by atoms with Crippen LogP contribution < -0.4 is 5.48 Å². The first-order valence-corrected chi connectivity index (χ1v) is 1.85. The van der Waals surface area contributed by atoms with Crippen LogP contribution in [0.4, 0.5) is 0 Å². The van der Waals surface area contributed by atoms with Crippen LogP contribution in [0.2, 0.25) is 0 Å². The quantitative estimate of drug-likeness (QED) is 0.395. The van der Waals surface area contributed by atoms with Crippen molar-refractivity contribution in [3.63, 3.8) is 0 Å². The predicted molar refractivity (Wildman–Crippen MR) is 25.0 cm³/mol. The highest BCUT2D eigenvalue weighted by Gasteiger charge is 1.57. The zero-order chi connectivity index (χ0) is 4.83. The minimum absolute atomic E-state index is 1.57. The van der Waals surface area contributed by atoms with Gasteiger partial charge in [-0.3, -0.25) is 0 Å². The van der Waals surface area contributed by atoms with Crippen molar-refractivity contribution in [3.05, 3.63) is 12.3 Å². The van der Waals surface area contributed by atoms with Crippen LogP contribution in [0, 0.1) is 0 Å². The number of rotatable bonds is 2. The molecule has 0 aromatic heterocycles. The van der Waals surface area contributed by atoms with E-state index in [1.54, 1.807) is 19.4 Å². The molecule has 0 unspecified atom stereocenters. The smallest absolute Gasteiger partial charge is 0.107 e. The zero-order valence-electron chi connectivity index (χ0n) is 4.06. The van der Waals surface area contributed by atoms with Gasteiger partial charge in [-0.2, -0.15) is 5.48 Å². The molecule has 0 radical (unpaired) electrons. The molecule has 0 amide bonds. The van der Waals surface area contributed by atoms with E-state index in [-0.39, 0.29) is 0 Å². The maximum atomic E-state index is 4.55. The normalized spacial score (nSPS) is 9.67. The highest BCUT2D eigenvalue weighted by Crippen LogP contribution is 1.64. The Morgan fingerprint density at radius 3 is 2.50 bits per heavy atom. The lowest BCUT2D eigenvalue weighted by molar-refractivity contribution is 0.158. The Hall–Kier alpha value is -0.500. The van der Waals surface area contributed by atoms with Crippen molar-refractivity contribution in [2.24, 2.45) is 0 Å². The van der Waals surface area contributed by atoms with E-state index in [1.165, 1.54) is 0 Å². The van der Waals surface area contributed by atoms with E-state index in [9.17, 15) is 0 Å². The number of hydrogen-bond donors (Lipinski definition) is 1. The minimum atomic E-state index is 1.57. The van der Waals surface area contributed by atoms with Crippen LogP contribution in [0.1, 0.15) is 6.92 Å². The number of hydroxylamine groups is 1. The maximum Gasteiger partial charge on any atom is 0.107 e. The summed E-state index contributed by atoms with van der Waals surface area (Å²) in [5.74, 6) is 0. The third-order valence-corrected chi connectivity index (χ3v) is 0.322. The van der Waals surface area contributed by atoms with Crippen LogP contribution in [-0.4, -0.2) is 7.05 Å². The molecule has 0 aromatic rings. The van der Waals surface area contributed by atoms with Crippen molar-refractivity contribution >= 4 is 0 Å². The first-order chi connectivity index (χ1) is 2.91. The van der Waals surface area contributed by atoms with E-state index in [1.807, 2.05) is 6.92 Å². The van der Waals surface area contributed by atoms with Gasteiger partial charge < -0.3 is 4.84 Å². The predicted octanol–water partition coefficient (Wildman–Crippen LogP) is 0.671. The lowest BCUT2D eigenvalue weighted by Crippen LogP contribution is -1.99. The van der Waals surface area contributed by atoms with Gasteiger partial charge in [0.05, 0.1) is 0 Å². The van der Waals surface area contributed by atoms with Gasteiger partial charge in [-0.05, 0) is 6.92 Å². The van der Waals surface area contributed by atoms with Gasteiger partial charge in [0.15, 0.2) is 0 Å². The summed E-state index contributed by atoms with van der Waals surface area (Å²) < 4.78 is 0. The third-order valence-electron chi connectivity index (χ3n) is 0.322. The van der Waals surface area contributed by atoms with Gasteiger partial charge in [0.2, 0.25) is 0 Å². The van der Waals surface area contributed by atoms with Crippen molar-refractivity contribution in [2.75, 3.05) is 7.05 Å². The molecule has 0 saturated heterocycles. The maximum absolute atomic E-state index is 4.55. The van der Waals surface area contributed by atoms with Crippen LogP contribution in [0.15, 0.2) is 12.3 Å². The van der Waals surface area contributed by atoms with Gasteiger partial charge in [-0.15, -0.1) is 0 Å². The fourth-order valence-corrected chi connectivity index (χ4v) is 0.136. The number of nitrogens with one attached hydrogen (secondary N) is 1. The Labute approximate surface area is 37.8 Å². The van der Waals surface area contributed by atoms with E-state index >= 15 is 0 Å². The third kappa shape index (κ3) is 3.50. The second-order valence-electron chi connectivity index (χ2n) is 0.791. The lowest BCUT2D eigenvalue weighted by Gasteiger charge is -1.88. The average molecular weight is 87.1 g/mol. The standard InChI is InChI=1S/C4H9NO/c1-3-4-6-5-2/h3-5H,1-2H3. The lowest BCUT2D eigenvalue weighted by atomic mass is 10.7. The Kier molecular flexibility index (Phi) is 4.12. The van der Waals surface area contributed by atoms with E-state index in [4.69, 9.17) is 0 Å². The highest BCUT2D eigenvalue weighted by molar-refractivity contribution is 4.63. The molecule has 1 N–H and O–H groups in total. The number of hydrogen-bond acceptors (Lipinski definition) is 2. The van der Waals surface area contributed by atoms with Gasteiger partial charge in [0.25, 0.3) is 0 Å². The van der Waals surface area contributed by atoms with E-state index in [0.717, 1.165) is 0 Å². The molecule has 0 aliphatic heterocycles.